The van der Waals surface area contributed by atoms with Gasteiger partial charge in [0.1, 0.15) is 12.6 Å². The van der Waals surface area contributed by atoms with E-state index in [1.807, 2.05) is 0 Å². The molecule has 1 amide bonds. The molecule has 0 bridgehead atoms. The number of benzene rings is 1. The molecule has 6 nitrogen and oxygen atoms in total. The molecule has 5 N–H and O–H groups in total. The third-order valence-corrected chi connectivity index (χ3v) is 3.81. The first-order valence-corrected chi connectivity index (χ1v) is 8.07. The third-order valence-electron chi connectivity index (χ3n) is 3.25. The van der Waals surface area contributed by atoms with Crippen LogP contribution in [0.25, 0.3) is 5.70 Å². The number of nitrogens with two attached hydrogens (primary N) is 1. The maximum atomic E-state index is 11.8. The Morgan fingerprint density at radius 2 is 2.00 bits per heavy atom. The fourth-order valence-corrected chi connectivity index (χ4v) is 2.56. The molecule has 0 aliphatic carbocycles. The molecule has 1 aromatic carbocycles. The predicted octanol–water partition coefficient (Wildman–Crippen LogP) is 2.57. The van der Waals surface area contributed by atoms with Crippen LogP contribution in [0.2, 0.25) is 10.0 Å². The van der Waals surface area contributed by atoms with E-state index >= 15 is 0 Å². The molecule has 136 valence electrons. The van der Waals surface area contributed by atoms with Gasteiger partial charge in [-0.05, 0) is 32.9 Å². The van der Waals surface area contributed by atoms with Gasteiger partial charge in [0.2, 0.25) is 0 Å². The number of amides is 1. The summed E-state index contributed by atoms with van der Waals surface area (Å²) in [4.78, 5) is 11.8. The minimum atomic E-state index is -0.967. The molecule has 0 spiro atoms. The summed E-state index contributed by atoms with van der Waals surface area (Å²) >= 11 is 12.4. The average molecular weight is 386 g/mol. The number of carbonyl (C=O) groups excluding carboxylic acids is 1. The normalized spacial score (nSPS) is 11.8. The third kappa shape index (κ3) is 5.83. The van der Waals surface area contributed by atoms with Gasteiger partial charge < -0.3 is 15.8 Å². The maximum Gasteiger partial charge on any atom is 0.267 e. The molecule has 0 saturated carbocycles. The Hall–Kier alpha value is -1.91. The molecule has 0 aliphatic rings. The van der Waals surface area contributed by atoms with Crippen LogP contribution >= 0.6 is 23.2 Å². The lowest BCUT2D eigenvalue weighted by Crippen LogP contribution is -2.59. The van der Waals surface area contributed by atoms with E-state index in [-0.39, 0.29) is 16.7 Å². The van der Waals surface area contributed by atoms with Crippen molar-refractivity contribution in [1.82, 2.24) is 10.8 Å². The summed E-state index contributed by atoms with van der Waals surface area (Å²) in [7, 11) is 0. The second-order valence-electron chi connectivity index (χ2n) is 5.84. The summed E-state index contributed by atoms with van der Waals surface area (Å²) in [6, 6.07) is 2.25. The van der Waals surface area contributed by atoms with Gasteiger partial charge in [0.25, 0.3) is 5.91 Å². The van der Waals surface area contributed by atoms with Crippen LogP contribution in [0.3, 0.4) is 0 Å². The first kappa shape index (κ1) is 21.1. The van der Waals surface area contributed by atoms with Crippen molar-refractivity contribution in [1.29, 1.82) is 0 Å². The highest BCUT2D eigenvalue weighted by Gasteiger charge is 2.32. The highest BCUT2D eigenvalue weighted by molar-refractivity contribution is 6.37. The molecule has 0 heterocycles. The van der Waals surface area contributed by atoms with E-state index in [0.29, 0.717) is 17.0 Å². The van der Waals surface area contributed by atoms with Crippen LogP contribution < -0.4 is 21.3 Å². The van der Waals surface area contributed by atoms with Crippen molar-refractivity contribution in [2.24, 2.45) is 5.73 Å². The van der Waals surface area contributed by atoms with E-state index in [9.17, 15) is 4.79 Å². The molecule has 1 rings (SSSR count). The first-order chi connectivity index (χ1) is 11.6. The zero-order valence-electron chi connectivity index (χ0n) is 14.2. The zero-order chi connectivity index (χ0) is 19.2. The van der Waals surface area contributed by atoms with Crippen molar-refractivity contribution in [3.63, 3.8) is 0 Å². The Labute approximate surface area is 157 Å². The van der Waals surface area contributed by atoms with Crippen LogP contribution in [0.15, 0.2) is 18.7 Å². The Kier molecular flexibility index (Phi) is 7.59. The first-order valence-electron chi connectivity index (χ1n) is 7.32. The molecule has 0 fully saturated rings. The van der Waals surface area contributed by atoms with Gasteiger partial charge in [-0.2, -0.15) is 0 Å². The molecule has 8 heteroatoms. The van der Waals surface area contributed by atoms with E-state index in [1.165, 1.54) is 0 Å². The van der Waals surface area contributed by atoms with Gasteiger partial charge in [0, 0.05) is 16.8 Å². The Morgan fingerprint density at radius 1 is 1.44 bits per heavy atom. The highest BCUT2D eigenvalue weighted by Crippen LogP contribution is 2.35. The molecular weight excluding hydrogens is 365 g/mol. The highest BCUT2D eigenvalue weighted by atomic mass is 35.5. The molecule has 0 aromatic heterocycles. The number of hydrogen-bond donors (Lipinski definition) is 4. The van der Waals surface area contributed by atoms with E-state index in [4.69, 9.17) is 38.9 Å². The van der Waals surface area contributed by atoms with Gasteiger partial charge in [0.15, 0.2) is 5.75 Å². The number of halogens is 2. The van der Waals surface area contributed by atoms with Gasteiger partial charge >= 0.3 is 0 Å². The maximum absolute atomic E-state index is 11.8. The minimum absolute atomic E-state index is 0.161. The summed E-state index contributed by atoms with van der Waals surface area (Å²) in [5.41, 5.74) is 7.49. The van der Waals surface area contributed by atoms with Crippen LogP contribution in [0.5, 0.6) is 5.75 Å². The van der Waals surface area contributed by atoms with Crippen LogP contribution in [0.4, 0.5) is 0 Å². The lowest BCUT2D eigenvalue weighted by atomic mass is 9.94. The molecular formula is C17H21Cl2N3O3. The predicted molar refractivity (Wildman–Crippen MR) is 99.6 cm³/mol. The summed E-state index contributed by atoms with van der Waals surface area (Å²) in [5.74, 6) is 5.07. The molecule has 0 saturated heterocycles. The smallest absolute Gasteiger partial charge is 0.267 e. The largest absolute Gasteiger partial charge is 0.478 e. The SMILES string of the molecule is C=C(NC(C(=O)NO)C(C)(C)N)c1cc(Cl)c(OCC#CC)c(Cl)c1. The zero-order valence-corrected chi connectivity index (χ0v) is 15.8. The van der Waals surface area contributed by atoms with E-state index < -0.39 is 17.5 Å². The number of hydroxylamine groups is 1. The van der Waals surface area contributed by atoms with Gasteiger partial charge in [0.05, 0.1) is 10.0 Å². The van der Waals surface area contributed by atoms with Crippen molar-refractivity contribution < 1.29 is 14.7 Å². The van der Waals surface area contributed by atoms with Crippen molar-refractivity contribution in [3.8, 4) is 17.6 Å². The fourth-order valence-electron chi connectivity index (χ4n) is 1.96. The van der Waals surface area contributed by atoms with Crippen LogP contribution in [0, 0.1) is 11.8 Å². The van der Waals surface area contributed by atoms with Gasteiger partial charge in [-0.15, -0.1) is 5.92 Å². The summed E-state index contributed by atoms with van der Waals surface area (Å²) < 4.78 is 5.43. The lowest BCUT2D eigenvalue weighted by molar-refractivity contribution is -0.132. The van der Waals surface area contributed by atoms with E-state index in [0.717, 1.165) is 0 Å². The fraction of sp³-hybridized carbons (Fsp3) is 0.353. The number of carbonyl (C=O) groups is 1. The second kappa shape index (κ2) is 8.97. The van der Waals surface area contributed by atoms with Gasteiger partial charge in [-0.1, -0.05) is 35.7 Å². The van der Waals surface area contributed by atoms with Crippen molar-refractivity contribution in [2.45, 2.75) is 32.4 Å². The Morgan fingerprint density at radius 3 is 2.44 bits per heavy atom. The topological polar surface area (TPSA) is 96.6 Å². The summed E-state index contributed by atoms with van der Waals surface area (Å²) in [6.07, 6.45) is 0. The van der Waals surface area contributed by atoms with Crippen molar-refractivity contribution >= 4 is 34.8 Å². The average Bonchev–Trinajstić information content (AvgIpc) is 2.52. The van der Waals surface area contributed by atoms with Crippen LogP contribution in [-0.2, 0) is 4.79 Å². The number of hydrogen-bond acceptors (Lipinski definition) is 5. The van der Waals surface area contributed by atoms with Gasteiger partial charge in [-0.3, -0.25) is 10.0 Å². The Bertz CT molecular complexity index is 695. The Balaban J connectivity index is 3.05. The van der Waals surface area contributed by atoms with Gasteiger partial charge in [-0.25, -0.2) is 5.48 Å². The summed E-state index contributed by atoms with van der Waals surface area (Å²) in [6.45, 7) is 9.01. The van der Waals surface area contributed by atoms with Crippen molar-refractivity contribution in [3.05, 3.63) is 34.3 Å². The van der Waals surface area contributed by atoms with Crippen LogP contribution in [-0.4, -0.2) is 29.3 Å². The van der Waals surface area contributed by atoms with Crippen molar-refractivity contribution in [2.75, 3.05) is 6.61 Å². The van der Waals surface area contributed by atoms with E-state index in [2.05, 4.69) is 23.7 Å². The lowest BCUT2D eigenvalue weighted by Gasteiger charge is -2.31. The van der Waals surface area contributed by atoms with E-state index in [1.54, 1.807) is 38.4 Å². The molecule has 25 heavy (non-hydrogen) atoms. The standard InChI is InChI=1S/C17H21Cl2N3O3/c1-5-6-7-25-14-12(18)8-11(9-13(14)19)10(2)21-15(16(23)22-24)17(3,4)20/h8-9,15,21,24H,2,7,20H2,1,3-4H3,(H,22,23). The number of ether oxygens (including phenoxy) is 1. The minimum Gasteiger partial charge on any atom is -0.478 e. The molecule has 1 atom stereocenters. The molecule has 0 aliphatic heterocycles. The number of rotatable bonds is 7. The monoisotopic (exact) mass is 385 g/mol. The van der Waals surface area contributed by atoms with Crippen LogP contribution in [0.1, 0.15) is 26.3 Å². The molecule has 0 radical (unpaired) electrons. The molecule has 1 unspecified atom stereocenters. The molecule has 1 aromatic rings. The quantitative estimate of drug-likeness (QED) is 0.328. The summed E-state index contributed by atoms with van der Waals surface area (Å²) in [5, 5.41) is 12.3. The second-order valence-corrected chi connectivity index (χ2v) is 6.65. The number of nitrogens with one attached hydrogen (secondary N) is 2.